The van der Waals surface area contributed by atoms with E-state index in [1.165, 1.54) is 0 Å². The Morgan fingerprint density at radius 2 is 1.90 bits per heavy atom. The summed E-state index contributed by atoms with van der Waals surface area (Å²) in [6, 6.07) is 12.8. The number of hydrogen-bond acceptors (Lipinski definition) is 2. The monoisotopic (exact) mass is 318 g/mol. The van der Waals surface area contributed by atoms with Crippen LogP contribution in [-0.2, 0) is 11.2 Å². The molecule has 3 N–H and O–H groups in total. The molecule has 3 nitrogen and oxygen atoms in total. The lowest BCUT2D eigenvalue weighted by Gasteiger charge is -2.09. The first-order valence-electron chi connectivity index (χ1n) is 6.41. The van der Waals surface area contributed by atoms with Gasteiger partial charge >= 0.3 is 0 Å². The highest BCUT2D eigenvalue weighted by atomic mass is 35.5. The number of rotatable bonds is 4. The van der Waals surface area contributed by atoms with Gasteiger partial charge in [0.15, 0.2) is 0 Å². The van der Waals surface area contributed by atoms with Crippen LogP contribution in [0.25, 0.3) is 0 Å². The van der Waals surface area contributed by atoms with Gasteiger partial charge in [-0.1, -0.05) is 54.2 Å². The zero-order chi connectivity index (χ0) is 15.4. The molecule has 0 radical (unpaired) electrons. The molecular formula is C16H15ClN2OS. The van der Waals surface area contributed by atoms with E-state index in [1.807, 2.05) is 43.3 Å². The predicted octanol–water partition coefficient (Wildman–Crippen LogP) is 3.46. The smallest absolute Gasteiger partial charge is 0.228 e. The van der Waals surface area contributed by atoms with E-state index < -0.39 is 0 Å². The SMILES string of the molecule is Cc1c(Cl)cccc1NC(=O)Cc1ccc(C(N)=S)cc1. The molecule has 0 fully saturated rings. The molecule has 108 valence electrons. The highest BCUT2D eigenvalue weighted by Gasteiger charge is 2.08. The Labute approximate surface area is 134 Å². The minimum absolute atomic E-state index is 0.0940. The standard InChI is InChI=1S/C16H15ClN2OS/c1-10-13(17)3-2-4-14(10)19-15(20)9-11-5-7-12(8-6-11)16(18)21/h2-8H,9H2,1H3,(H2,18,21)(H,19,20). The summed E-state index contributed by atoms with van der Waals surface area (Å²) in [4.78, 5) is 12.4. The van der Waals surface area contributed by atoms with Crippen LogP contribution in [-0.4, -0.2) is 10.9 Å². The van der Waals surface area contributed by atoms with Gasteiger partial charge < -0.3 is 11.1 Å². The van der Waals surface area contributed by atoms with Gasteiger partial charge in [0.2, 0.25) is 5.91 Å². The molecule has 0 atom stereocenters. The Morgan fingerprint density at radius 1 is 1.24 bits per heavy atom. The Morgan fingerprint density at radius 3 is 2.52 bits per heavy atom. The molecule has 2 aromatic rings. The van der Waals surface area contributed by atoms with Crippen LogP contribution in [0.15, 0.2) is 42.5 Å². The van der Waals surface area contributed by atoms with Crippen molar-refractivity contribution in [3.05, 3.63) is 64.2 Å². The Hall–Kier alpha value is -1.91. The third kappa shape index (κ3) is 4.03. The van der Waals surface area contributed by atoms with Crippen LogP contribution in [0, 0.1) is 6.92 Å². The molecule has 2 aromatic carbocycles. The van der Waals surface area contributed by atoms with E-state index >= 15 is 0 Å². The summed E-state index contributed by atoms with van der Waals surface area (Å²) in [5.41, 5.74) is 8.81. The quantitative estimate of drug-likeness (QED) is 0.849. The highest BCUT2D eigenvalue weighted by molar-refractivity contribution is 7.80. The summed E-state index contributed by atoms with van der Waals surface area (Å²) in [7, 11) is 0. The summed E-state index contributed by atoms with van der Waals surface area (Å²) < 4.78 is 0. The Kier molecular flexibility index (Phi) is 4.94. The number of benzene rings is 2. The van der Waals surface area contributed by atoms with E-state index in [2.05, 4.69) is 5.32 Å². The van der Waals surface area contributed by atoms with E-state index in [0.717, 1.165) is 22.4 Å². The fraction of sp³-hybridized carbons (Fsp3) is 0.125. The van der Waals surface area contributed by atoms with E-state index in [-0.39, 0.29) is 12.3 Å². The van der Waals surface area contributed by atoms with E-state index in [9.17, 15) is 4.79 Å². The molecule has 0 heterocycles. The second-order valence-electron chi connectivity index (χ2n) is 4.70. The Balaban J connectivity index is 2.04. The van der Waals surface area contributed by atoms with Crippen molar-refractivity contribution < 1.29 is 4.79 Å². The van der Waals surface area contributed by atoms with Gasteiger partial charge in [-0.05, 0) is 30.2 Å². The molecule has 0 bridgehead atoms. The topological polar surface area (TPSA) is 55.1 Å². The highest BCUT2D eigenvalue weighted by Crippen LogP contribution is 2.23. The molecule has 0 aliphatic heterocycles. The van der Waals surface area contributed by atoms with Crippen molar-refractivity contribution >= 4 is 40.4 Å². The maximum atomic E-state index is 12.1. The number of nitrogens with one attached hydrogen (secondary N) is 1. The largest absolute Gasteiger partial charge is 0.389 e. The summed E-state index contributed by atoms with van der Waals surface area (Å²) in [5.74, 6) is -0.0940. The number of halogens is 1. The molecule has 0 aromatic heterocycles. The third-order valence-corrected chi connectivity index (χ3v) is 3.79. The van der Waals surface area contributed by atoms with Crippen molar-refractivity contribution in [2.45, 2.75) is 13.3 Å². The van der Waals surface area contributed by atoms with Crippen LogP contribution in [0.4, 0.5) is 5.69 Å². The molecule has 0 aliphatic carbocycles. The molecule has 0 aliphatic rings. The van der Waals surface area contributed by atoms with Gasteiger partial charge in [-0.25, -0.2) is 0 Å². The zero-order valence-corrected chi connectivity index (χ0v) is 13.1. The molecule has 0 spiro atoms. The lowest BCUT2D eigenvalue weighted by Crippen LogP contribution is -2.15. The first-order valence-corrected chi connectivity index (χ1v) is 7.19. The Bertz CT molecular complexity index is 683. The van der Waals surface area contributed by atoms with Crippen LogP contribution in [0.2, 0.25) is 5.02 Å². The van der Waals surface area contributed by atoms with Crippen LogP contribution in [0.5, 0.6) is 0 Å². The zero-order valence-electron chi connectivity index (χ0n) is 11.5. The molecule has 2 rings (SSSR count). The van der Waals surface area contributed by atoms with Crippen LogP contribution in [0.1, 0.15) is 16.7 Å². The number of thiocarbonyl (C=S) groups is 1. The first-order chi connectivity index (χ1) is 9.97. The van der Waals surface area contributed by atoms with Gasteiger partial charge in [0.1, 0.15) is 4.99 Å². The number of anilines is 1. The number of hydrogen-bond donors (Lipinski definition) is 2. The number of nitrogens with two attached hydrogens (primary N) is 1. The van der Waals surface area contributed by atoms with Crippen molar-refractivity contribution in [1.82, 2.24) is 0 Å². The van der Waals surface area contributed by atoms with Gasteiger partial charge in [0.25, 0.3) is 0 Å². The van der Waals surface area contributed by atoms with E-state index in [4.69, 9.17) is 29.6 Å². The van der Waals surface area contributed by atoms with Crippen molar-refractivity contribution in [2.24, 2.45) is 5.73 Å². The van der Waals surface area contributed by atoms with Crippen LogP contribution >= 0.6 is 23.8 Å². The second kappa shape index (κ2) is 6.70. The molecule has 21 heavy (non-hydrogen) atoms. The van der Waals surface area contributed by atoms with Crippen LogP contribution in [0.3, 0.4) is 0 Å². The number of carbonyl (C=O) groups is 1. The number of amides is 1. The van der Waals surface area contributed by atoms with Crippen molar-refractivity contribution in [2.75, 3.05) is 5.32 Å². The lowest BCUT2D eigenvalue weighted by atomic mass is 10.1. The predicted molar refractivity (Wildman–Crippen MR) is 90.9 cm³/mol. The van der Waals surface area contributed by atoms with Gasteiger partial charge in [-0.15, -0.1) is 0 Å². The summed E-state index contributed by atoms with van der Waals surface area (Å²) >= 11 is 10.9. The fourth-order valence-corrected chi connectivity index (χ4v) is 2.22. The molecule has 1 amide bonds. The second-order valence-corrected chi connectivity index (χ2v) is 5.55. The van der Waals surface area contributed by atoms with E-state index in [1.54, 1.807) is 6.07 Å². The molecule has 0 saturated carbocycles. The van der Waals surface area contributed by atoms with Crippen molar-refractivity contribution in [1.29, 1.82) is 0 Å². The maximum absolute atomic E-state index is 12.1. The average Bonchev–Trinajstić information content (AvgIpc) is 2.44. The normalized spacial score (nSPS) is 10.2. The summed E-state index contributed by atoms with van der Waals surface area (Å²) in [6.07, 6.45) is 0.281. The van der Waals surface area contributed by atoms with Gasteiger partial charge in [0, 0.05) is 16.3 Å². The first kappa shape index (κ1) is 15.5. The number of carbonyl (C=O) groups excluding carboxylic acids is 1. The van der Waals surface area contributed by atoms with Crippen molar-refractivity contribution in [3.63, 3.8) is 0 Å². The van der Waals surface area contributed by atoms with Gasteiger partial charge in [-0.3, -0.25) is 4.79 Å². The average molecular weight is 319 g/mol. The van der Waals surface area contributed by atoms with Crippen molar-refractivity contribution in [3.8, 4) is 0 Å². The van der Waals surface area contributed by atoms with Gasteiger partial charge in [-0.2, -0.15) is 0 Å². The van der Waals surface area contributed by atoms with E-state index in [0.29, 0.717) is 10.0 Å². The molecule has 0 saturated heterocycles. The third-order valence-electron chi connectivity index (χ3n) is 3.14. The lowest BCUT2D eigenvalue weighted by molar-refractivity contribution is -0.115. The van der Waals surface area contributed by atoms with Crippen LogP contribution < -0.4 is 11.1 Å². The minimum Gasteiger partial charge on any atom is -0.389 e. The molecule has 0 unspecified atom stereocenters. The minimum atomic E-state index is -0.0940. The summed E-state index contributed by atoms with van der Waals surface area (Å²) in [6.45, 7) is 1.87. The van der Waals surface area contributed by atoms with Gasteiger partial charge in [0.05, 0.1) is 6.42 Å². The molecule has 5 heteroatoms. The summed E-state index contributed by atoms with van der Waals surface area (Å²) in [5, 5.41) is 3.50. The fourth-order valence-electron chi connectivity index (χ4n) is 1.91. The maximum Gasteiger partial charge on any atom is 0.228 e. The molecular weight excluding hydrogens is 304 g/mol.